The first kappa shape index (κ1) is 11.9. The second kappa shape index (κ2) is 4.84. The number of benzene rings is 1. The van der Waals surface area contributed by atoms with Gasteiger partial charge in [0.05, 0.1) is 5.69 Å². The van der Waals surface area contributed by atoms with E-state index in [1.807, 2.05) is 4.72 Å². The zero-order valence-electron chi connectivity index (χ0n) is 6.56. The van der Waals surface area contributed by atoms with E-state index in [4.69, 9.17) is 4.55 Å². The van der Waals surface area contributed by atoms with Gasteiger partial charge in [-0.2, -0.15) is 8.42 Å². The van der Waals surface area contributed by atoms with E-state index in [2.05, 4.69) is 0 Å². The van der Waals surface area contributed by atoms with Crippen molar-refractivity contribution in [3.63, 3.8) is 0 Å². The zero-order chi connectivity index (χ0) is 8.32. The molecule has 0 aliphatic heterocycles. The SMILES string of the molecule is O=S(=O)(O)Nc1ccccc1.[Na]. The zero-order valence-corrected chi connectivity index (χ0v) is 9.38. The van der Waals surface area contributed by atoms with Crippen LogP contribution in [0.3, 0.4) is 0 Å². The third kappa shape index (κ3) is 4.74. The molecular formula is C6H7NNaO3S. The molecule has 0 fully saturated rings. The summed E-state index contributed by atoms with van der Waals surface area (Å²) >= 11 is 0. The molecule has 1 aromatic rings. The summed E-state index contributed by atoms with van der Waals surface area (Å²) < 4.78 is 30.7. The van der Waals surface area contributed by atoms with Crippen molar-refractivity contribution < 1.29 is 13.0 Å². The molecule has 1 rings (SSSR count). The average molecular weight is 196 g/mol. The molecule has 12 heavy (non-hydrogen) atoms. The number of nitrogens with one attached hydrogen (secondary N) is 1. The molecule has 0 saturated carbocycles. The summed E-state index contributed by atoms with van der Waals surface area (Å²) in [6.07, 6.45) is 0. The monoisotopic (exact) mass is 196 g/mol. The first-order chi connectivity index (χ1) is 5.08. The molecule has 4 nitrogen and oxygen atoms in total. The number of hydrogen-bond acceptors (Lipinski definition) is 2. The van der Waals surface area contributed by atoms with Gasteiger partial charge in [0.1, 0.15) is 0 Å². The van der Waals surface area contributed by atoms with Gasteiger partial charge in [0.25, 0.3) is 0 Å². The molecule has 1 aromatic carbocycles. The van der Waals surface area contributed by atoms with Gasteiger partial charge in [-0.1, -0.05) is 18.2 Å². The van der Waals surface area contributed by atoms with E-state index in [0.717, 1.165) is 0 Å². The fraction of sp³-hybridized carbons (Fsp3) is 0. The van der Waals surface area contributed by atoms with Gasteiger partial charge in [-0.25, -0.2) is 0 Å². The Balaban J connectivity index is 0.00000121. The number of rotatable bonds is 2. The van der Waals surface area contributed by atoms with Gasteiger partial charge in [0, 0.05) is 29.6 Å². The Morgan fingerprint density at radius 3 is 2.08 bits per heavy atom. The first-order valence-corrected chi connectivity index (χ1v) is 4.32. The van der Waals surface area contributed by atoms with E-state index in [1.165, 1.54) is 12.1 Å². The normalized spacial score (nSPS) is 10.1. The van der Waals surface area contributed by atoms with Crippen molar-refractivity contribution in [2.24, 2.45) is 0 Å². The maximum atomic E-state index is 10.2. The topological polar surface area (TPSA) is 66.4 Å². The molecule has 6 heteroatoms. The predicted octanol–water partition coefficient (Wildman–Crippen LogP) is 0.521. The van der Waals surface area contributed by atoms with Gasteiger partial charge >= 0.3 is 10.3 Å². The van der Waals surface area contributed by atoms with Crippen molar-refractivity contribution in [3.8, 4) is 0 Å². The van der Waals surface area contributed by atoms with Crippen LogP contribution in [0.1, 0.15) is 0 Å². The summed E-state index contributed by atoms with van der Waals surface area (Å²) in [6, 6.07) is 8.14. The van der Waals surface area contributed by atoms with Crippen molar-refractivity contribution in [2.75, 3.05) is 4.72 Å². The minimum absolute atomic E-state index is 0. The molecular weight excluding hydrogens is 189 g/mol. The van der Waals surface area contributed by atoms with Crippen molar-refractivity contribution in [1.82, 2.24) is 0 Å². The van der Waals surface area contributed by atoms with Crippen LogP contribution in [0.5, 0.6) is 0 Å². The molecule has 0 heterocycles. The summed E-state index contributed by atoms with van der Waals surface area (Å²) in [5.74, 6) is 0. The summed E-state index contributed by atoms with van der Waals surface area (Å²) in [5, 5.41) is 0. The number of hydrogen-bond donors (Lipinski definition) is 2. The Bertz CT molecular complexity index is 324. The summed E-state index contributed by atoms with van der Waals surface area (Å²) in [4.78, 5) is 0. The van der Waals surface area contributed by atoms with Crippen LogP contribution in [0.15, 0.2) is 30.3 Å². The molecule has 0 aliphatic rings. The van der Waals surface area contributed by atoms with Gasteiger partial charge in [-0.3, -0.25) is 9.27 Å². The van der Waals surface area contributed by atoms with Crippen LogP contribution in [0.25, 0.3) is 0 Å². The van der Waals surface area contributed by atoms with Crippen molar-refractivity contribution >= 4 is 45.5 Å². The molecule has 0 bridgehead atoms. The Kier molecular flexibility index (Phi) is 4.81. The van der Waals surface area contributed by atoms with Crippen molar-refractivity contribution in [2.45, 2.75) is 0 Å². The van der Waals surface area contributed by atoms with E-state index < -0.39 is 10.3 Å². The van der Waals surface area contributed by atoms with E-state index in [9.17, 15) is 8.42 Å². The van der Waals surface area contributed by atoms with Crippen molar-refractivity contribution in [1.29, 1.82) is 0 Å². The molecule has 1 radical (unpaired) electrons. The second-order valence-electron chi connectivity index (χ2n) is 1.94. The summed E-state index contributed by atoms with van der Waals surface area (Å²) in [5.41, 5.74) is 0.343. The van der Waals surface area contributed by atoms with Crippen LogP contribution in [0, 0.1) is 0 Å². The molecule has 0 unspecified atom stereocenters. The van der Waals surface area contributed by atoms with Crippen molar-refractivity contribution in [3.05, 3.63) is 30.3 Å². The average Bonchev–Trinajstić information content (AvgIpc) is 1.85. The maximum absolute atomic E-state index is 10.2. The van der Waals surface area contributed by atoms with Gasteiger partial charge in [0.2, 0.25) is 0 Å². The standard InChI is InChI=1S/C6H7NO3S.Na/c8-11(9,10)7-6-4-2-1-3-5-6;/h1-5,7H,(H,8,9,10);. The Hall–Kier alpha value is -0.0700. The third-order valence-electron chi connectivity index (χ3n) is 1.02. The molecule has 2 N–H and O–H groups in total. The Labute approximate surface area is 93.2 Å². The van der Waals surface area contributed by atoms with Gasteiger partial charge in [-0.05, 0) is 12.1 Å². The first-order valence-electron chi connectivity index (χ1n) is 2.88. The smallest absolute Gasteiger partial charge is 0.269 e. The van der Waals surface area contributed by atoms with Crippen LogP contribution in [-0.4, -0.2) is 42.5 Å². The summed E-state index contributed by atoms with van der Waals surface area (Å²) in [7, 11) is -4.13. The van der Waals surface area contributed by atoms with Crippen LogP contribution >= 0.6 is 0 Å². The predicted molar refractivity (Wildman–Crippen MR) is 47.4 cm³/mol. The van der Waals surface area contributed by atoms with Crippen LogP contribution in [0.2, 0.25) is 0 Å². The minimum Gasteiger partial charge on any atom is -0.269 e. The van der Waals surface area contributed by atoms with Gasteiger partial charge < -0.3 is 0 Å². The van der Waals surface area contributed by atoms with Crippen LogP contribution < -0.4 is 4.72 Å². The Morgan fingerprint density at radius 2 is 1.67 bits per heavy atom. The van der Waals surface area contributed by atoms with E-state index in [-0.39, 0.29) is 29.6 Å². The fourth-order valence-electron chi connectivity index (χ4n) is 0.655. The molecule has 61 valence electrons. The molecule has 0 spiro atoms. The Morgan fingerprint density at radius 1 is 1.17 bits per heavy atom. The fourth-order valence-corrected chi connectivity index (χ4v) is 1.09. The van der Waals surface area contributed by atoms with E-state index in [0.29, 0.717) is 5.69 Å². The van der Waals surface area contributed by atoms with Crippen LogP contribution in [-0.2, 0) is 10.3 Å². The van der Waals surface area contributed by atoms with E-state index in [1.54, 1.807) is 18.2 Å². The molecule has 0 atom stereocenters. The number of para-hydroxylation sites is 1. The molecule has 0 saturated heterocycles. The van der Waals surface area contributed by atoms with E-state index >= 15 is 0 Å². The number of anilines is 1. The van der Waals surface area contributed by atoms with Gasteiger partial charge in [0.15, 0.2) is 0 Å². The van der Waals surface area contributed by atoms with Crippen LogP contribution in [0.4, 0.5) is 5.69 Å². The molecule has 0 amide bonds. The third-order valence-corrected chi connectivity index (χ3v) is 1.51. The molecule has 0 aromatic heterocycles. The molecule has 0 aliphatic carbocycles. The minimum atomic E-state index is -4.13. The summed E-state index contributed by atoms with van der Waals surface area (Å²) in [6.45, 7) is 0. The van der Waals surface area contributed by atoms with Gasteiger partial charge in [-0.15, -0.1) is 0 Å². The maximum Gasteiger partial charge on any atom is 0.357 e. The quantitative estimate of drug-likeness (QED) is 0.535. The largest absolute Gasteiger partial charge is 0.357 e. The second-order valence-corrected chi connectivity index (χ2v) is 3.10.